The Bertz CT molecular complexity index is 827. The third-order valence-electron chi connectivity index (χ3n) is 5.68. The van der Waals surface area contributed by atoms with Gasteiger partial charge in [-0.05, 0) is 46.1 Å². The van der Waals surface area contributed by atoms with Crippen molar-refractivity contribution in [1.29, 1.82) is 0 Å². The fourth-order valence-corrected chi connectivity index (χ4v) is 3.95. The van der Waals surface area contributed by atoms with Gasteiger partial charge < -0.3 is 14.9 Å². The van der Waals surface area contributed by atoms with Crippen molar-refractivity contribution >= 4 is 18.0 Å². The lowest BCUT2D eigenvalue weighted by Crippen LogP contribution is -2.52. The number of amides is 4. The van der Waals surface area contributed by atoms with Crippen LogP contribution in [0.1, 0.15) is 46.1 Å². The van der Waals surface area contributed by atoms with Crippen molar-refractivity contribution < 1.29 is 29.2 Å². The van der Waals surface area contributed by atoms with Crippen LogP contribution >= 0.6 is 0 Å². The minimum Gasteiger partial charge on any atom is -0.465 e. The number of hydrogen-bond donors (Lipinski definition) is 2. The van der Waals surface area contributed by atoms with Crippen molar-refractivity contribution in [2.24, 2.45) is 0 Å². The van der Waals surface area contributed by atoms with Crippen LogP contribution in [0.3, 0.4) is 0 Å². The average molecular weight is 449 g/mol. The normalized spacial score (nSPS) is 21.4. The summed E-state index contributed by atoms with van der Waals surface area (Å²) in [6.07, 6.45) is -0.489. The Morgan fingerprint density at radius 1 is 1.25 bits per heavy atom. The molecule has 10 nitrogen and oxygen atoms in total. The predicted octanol–water partition coefficient (Wildman–Crippen LogP) is 2.60. The highest BCUT2D eigenvalue weighted by molar-refractivity contribution is 5.88. The monoisotopic (exact) mass is 448 g/mol. The van der Waals surface area contributed by atoms with E-state index in [0.717, 1.165) is 5.56 Å². The number of carbonyl (C=O) groups excluding carboxylic acids is 2. The summed E-state index contributed by atoms with van der Waals surface area (Å²) in [5.41, 5.74) is 2.77. The molecule has 2 bridgehead atoms. The maximum absolute atomic E-state index is 12.8. The maximum Gasteiger partial charge on any atom is 0.407 e. The van der Waals surface area contributed by atoms with Gasteiger partial charge in [0.05, 0.1) is 12.6 Å². The summed E-state index contributed by atoms with van der Waals surface area (Å²) in [6.45, 7) is 7.83. The molecule has 0 aliphatic carbocycles. The first-order chi connectivity index (χ1) is 15.1. The summed E-state index contributed by atoms with van der Waals surface area (Å²) in [5.74, 6) is -0.425. The number of nitrogens with one attached hydrogen (secondary N) is 1. The van der Waals surface area contributed by atoms with E-state index in [9.17, 15) is 19.5 Å². The zero-order valence-corrected chi connectivity index (χ0v) is 19.0. The van der Waals surface area contributed by atoms with Crippen molar-refractivity contribution in [3.63, 3.8) is 0 Å². The van der Waals surface area contributed by atoms with Gasteiger partial charge in [-0.2, -0.15) is 5.06 Å². The quantitative estimate of drug-likeness (QED) is 0.592. The SMILES string of the molecule is C[C@@H](CN(C(=O)O)C(C)(C)C)ONC(=O)[C@@H]1CC[C@@H]2CN1C(=O)N2OCc1ccccc1. The van der Waals surface area contributed by atoms with Gasteiger partial charge in [-0.25, -0.2) is 15.1 Å². The van der Waals surface area contributed by atoms with E-state index >= 15 is 0 Å². The molecule has 3 rings (SSSR count). The van der Waals surface area contributed by atoms with E-state index < -0.39 is 29.7 Å². The highest BCUT2D eigenvalue weighted by atomic mass is 16.7. The summed E-state index contributed by atoms with van der Waals surface area (Å²) >= 11 is 0. The Morgan fingerprint density at radius 2 is 1.94 bits per heavy atom. The van der Waals surface area contributed by atoms with Crippen molar-refractivity contribution in [2.75, 3.05) is 13.1 Å². The number of piperidine rings is 1. The molecule has 0 spiro atoms. The lowest BCUT2D eigenvalue weighted by Gasteiger charge is -2.35. The number of urea groups is 1. The smallest absolute Gasteiger partial charge is 0.407 e. The maximum atomic E-state index is 12.8. The Hall–Kier alpha value is -2.85. The van der Waals surface area contributed by atoms with Gasteiger partial charge in [0.25, 0.3) is 5.91 Å². The molecular formula is C22H32N4O6. The molecule has 1 aromatic carbocycles. The van der Waals surface area contributed by atoms with Crippen molar-refractivity contribution in [1.82, 2.24) is 20.3 Å². The first-order valence-corrected chi connectivity index (χ1v) is 10.8. The molecule has 2 aliphatic rings. The number of hydroxylamine groups is 3. The fraction of sp³-hybridized carbons (Fsp3) is 0.591. The Labute approximate surface area is 188 Å². The standard InChI is InChI=1S/C22H32N4O6/c1-15(12-25(21(29)30)22(2,3)4)32-23-19(27)18-11-10-17-13-24(18)20(28)26(17)31-14-16-8-6-5-7-9-16/h5-9,15,17-18H,10-14H2,1-4H3,(H,23,27)(H,29,30)/t15-,17+,18-/m0/s1. The van der Waals surface area contributed by atoms with Crippen LogP contribution in [0.5, 0.6) is 0 Å². The van der Waals surface area contributed by atoms with E-state index in [1.165, 1.54) is 14.9 Å². The topological polar surface area (TPSA) is 112 Å². The van der Waals surface area contributed by atoms with Gasteiger partial charge in [-0.1, -0.05) is 30.3 Å². The van der Waals surface area contributed by atoms with Gasteiger partial charge in [0, 0.05) is 12.1 Å². The third kappa shape index (κ3) is 5.49. The van der Waals surface area contributed by atoms with Crippen LogP contribution in [0, 0.1) is 0 Å². The molecule has 2 fully saturated rings. The molecule has 176 valence electrons. The van der Waals surface area contributed by atoms with Crippen LogP contribution in [-0.2, 0) is 21.1 Å². The Balaban J connectivity index is 1.51. The predicted molar refractivity (Wildman–Crippen MR) is 115 cm³/mol. The minimum absolute atomic E-state index is 0.0917. The second kappa shape index (κ2) is 9.74. The third-order valence-corrected chi connectivity index (χ3v) is 5.68. The fourth-order valence-electron chi connectivity index (χ4n) is 3.95. The largest absolute Gasteiger partial charge is 0.465 e. The first kappa shape index (κ1) is 23.8. The second-order valence-electron chi connectivity index (χ2n) is 9.23. The van der Waals surface area contributed by atoms with Gasteiger partial charge in [0.1, 0.15) is 18.8 Å². The zero-order chi connectivity index (χ0) is 23.5. The summed E-state index contributed by atoms with van der Waals surface area (Å²) in [5, 5.41) is 10.8. The summed E-state index contributed by atoms with van der Waals surface area (Å²) in [6, 6.07) is 8.50. The Morgan fingerprint density at radius 3 is 2.56 bits per heavy atom. The Kier molecular flexibility index (Phi) is 7.25. The molecule has 2 saturated heterocycles. The van der Waals surface area contributed by atoms with Crippen LogP contribution in [0.2, 0.25) is 0 Å². The molecule has 2 N–H and O–H groups in total. The lowest BCUT2D eigenvalue weighted by molar-refractivity contribution is -0.144. The average Bonchev–Trinajstić information content (AvgIpc) is 2.98. The number of rotatable bonds is 8. The van der Waals surface area contributed by atoms with Gasteiger partial charge in [-0.3, -0.25) is 14.5 Å². The highest BCUT2D eigenvalue weighted by Crippen LogP contribution is 2.30. The molecule has 10 heteroatoms. The van der Waals surface area contributed by atoms with E-state index in [2.05, 4.69) is 5.48 Å². The molecule has 0 unspecified atom stereocenters. The number of carbonyl (C=O) groups is 3. The zero-order valence-electron chi connectivity index (χ0n) is 19.0. The number of benzene rings is 1. The molecule has 0 saturated carbocycles. The van der Waals surface area contributed by atoms with Gasteiger partial charge >= 0.3 is 12.1 Å². The van der Waals surface area contributed by atoms with Crippen LogP contribution in [0.4, 0.5) is 9.59 Å². The molecule has 32 heavy (non-hydrogen) atoms. The van der Waals surface area contributed by atoms with Crippen molar-refractivity contribution in [3.8, 4) is 0 Å². The van der Waals surface area contributed by atoms with Gasteiger partial charge in [-0.15, -0.1) is 0 Å². The van der Waals surface area contributed by atoms with Crippen LogP contribution in [0.25, 0.3) is 0 Å². The molecule has 1 aromatic rings. The van der Waals surface area contributed by atoms with Crippen molar-refractivity contribution in [2.45, 2.75) is 70.9 Å². The van der Waals surface area contributed by atoms with Gasteiger partial charge in [0.2, 0.25) is 0 Å². The number of carboxylic acid groups (broad SMARTS) is 1. The molecule has 2 aliphatic heterocycles. The van der Waals surface area contributed by atoms with E-state index in [1.54, 1.807) is 27.7 Å². The molecule has 3 atom stereocenters. The van der Waals surface area contributed by atoms with Gasteiger partial charge in [0.15, 0.2) is 0 Å². The summed E-state index contributed by atoms with van der Waals surface area (Å²) in [7, 11) is 0. The number of hydrogen-bond acceptors (Lipinski definition) is 5. The second-order valence-corrected chi connectivity index (χ2v) is 9.23. The molecule has 2 heterocycles. The molecular weight excluding hydrogens is 416 g/mol. The van der Waals surface area contributed by atoms with Crippen LogP contribution in [0.15, 0.2) is 30.3 Å². The molecule has 0 aromatic heterocycles. The van der Waals surface area contributed by atoms with Crippen LogP contribution in [-0.4, -0.2) is 74.8 Å². The molecule has 4 amide bonds. The van der Waals surface area contributed by atoms with E-state index in [-0.39, 0.29) is 25.2 Å². The highest BCUT2D eigenvalue weighted by Gasteiger charge is 2.48. The van der Waals surface area contributed by atoms with E-state index in [0.29, 0.717) is 19.4 Å². The molecule has 0 radical (unpaired) electrons. The first-order valence-electron chi connectivity index (χ1n) is 10.8. The van der Waals surface area contributed by atoms with Crippen LogP contribution < -0.4 is 5.48 Å². The number of nitrogens with zero attached hydrogens (tertiary/aromatic N) is 3. The minimum atomic E-state index is -1.06. The van der Waals surface area contributed by atoms with E-state index in [4.69, 9.17) is 9.68 Å². The van der Waals surface area contributed by atoms with Crippen molar-refractivity contribution in [3.05, 3.63) is 35.9 Å². The van der Waals surface area contributed by atoms with E-state index in [1.807, 2.05) is 30.3 Å². The number of fused-ring (bicyclic) bond motifs is 2. The lowest BCUT2D eigenvalue weighted by atomic mass is 10.0. The summed E-state index contributed by atoms with van der Waals surface area (Å²) < 4.78 is 0. The summed E-state index contributed by atoms with van der Waals surface area (Å²) in [4.78, 5) is 51.0.